The van der Waals surface area contributed by atoms with Crippen molar-refractivity contribution in [3.8, 4) is 0 Å². The first-order valence-electron chi connectivity index (χ1n) is 6.19. The van der Waals surface area contributed by atoms with Crippen LogP contribution in [0.4, 0.5) is 11.8 Å². The fraction of sp³-hybridized carbons (Fsp3) is 0.273. The third-order valence-corrected chi connectivity index (χ3v) is 4.03. The van der Waals surface area contributed by atoms with Crippen LogP contribution >= 0.6 is 11.8 Å². The lowest BCUT2D eigenvalue weighted by Gasteiger charge is -2.07. The van der Waals surface area contributed by atoms with E-state index < -0.39 is 0 Å². The van der Waals surface area contributed by atoms with Crippen LogP contribution in [0.3, 0.4) is 0 Å². The van der Waals surface area contributed by atoms with Gasteiger partial charge >= 0.3 is 0 Å². The van der Waals surface area contributed by atoms with Crippen molar-refractivity contribution in [3.63, 3.8) is 0 Å². The maximum Gasteiger partial charge on any atom is 0.229 e. The summed E-state index contributed by atoms with van der Waals surface area (Å²) in [5.41, 5.74) is 6.83. The lowest BCUT2D eigenvalue weighted by Crippen LogP contribution is -2.00. The Morgan fingerprint density at radius 2 is 2.24 bits per heavy atom. The minimum absolute atomic E-state index is 0.133. The highest BCUT2D eigenvalue weighted by Gasteiger charge is 2.19. The molecule has 3 heterocycles. The molecule has 0 saturated heterocycles. The highest BCUT2D eigenvalue weighted by Crippen LogP contribution is 2.37. The zero-order chi connectivity index (χ0) is 15.0. The first kappa shape index (κ1) is 13.5. The molecule has 0 radical (unpaired) electrons. The summed E-state index contributed by atoms with van der Waals surface area (Å²) < 4.78 is 1.89. The Morgan fingerprint density at radius 1 is 1.43 bits per heavy atom. The summed E-state index contributed by atoms with van der Waals surface area (Å²) in [5, 5.41) is 4.15. The van der Waals surface area contributed by atoms with Crippen LogP contribution in [0.25, 0.3) is 11.2 Å². The van der Waals surface area contributed by atoms with E-state index in [-0.39, 0.29) is 11.8 Å². The number of aromatic amines is 1. The third kappa shape index (κ3) is 2.23. The number of anilines is 1. The SMILES string of the molecule is CCn1c(C)nc(N=O)c1Sc1nc(N)nc2[nH]cnc12. The van der Waals surface area contributed by atoms with Crippen LogP contribution in [0.2, 0.25) is 0 Å². The number of fused-ring (bicyclic) bond motifs is 1. The molecule has 10 heteroatoms. The van der Waals surface area contributed by atoms with Crippen LogP contribution in [0, 0.1) is 11.8 Å². The van der Waals surface area contributed by atoms with Gasteiger partial charge in [-0.1, -0.05) is 0 Å². The normalized spacial score (nSPS) is 11.1. The van der Waals surface area contributed by atoms with Crippen LogP contribution in [-0.2, 0) is 6.54 Å². The third-order valence-electron chi connectivity index (χ3n) is 2.96. The summed E-state index contributed by atoms with van der Waals surface area (Å²) in [5.74, 6) is 0.990. The average Bonchev–Trinajstić information content (AvgIpc) is 3.03. The Kier molecular flexibility index (Phi) is 3.29. The van der Waals surface area contributed by atoms with E-state index in [0.29, 0.717) is 27.8 Å². The zero-order valence-corrected chi connectivity index (χ0v) is 12.2. The predicted octanol–water partition coefficient (Wildman–Crippen LogP) is 2.01. The number of nitrogens with two attached hydrogens (primary N) is 1. The minimum atomic E-state index is 0.133. The van der Waals surface area contributed by atoms with Gasteiger partial charge in [-0.3, -0.25) is 0 Å². The first-order valence-corrected chi connectivity index (χ1v) is 7.00. The summed E-state index contributed by atoms with van der Waals surface area (Å²) in [4.78, 5) is 30.4. The second-order valence-corrected chi connectivity index (χ2v) is 5.19. The number of nitrogen functional groups attached to an aromatic ring is 1. The second kappa shape index (κ2) is 5.13. The molecule has 3 N–H and O–H groups in total. The molecule has 0 saturated carbocycles. The maximum absolute atomic E-state index is 11.0. The van der Waals surface area contributed by atoms with Crippen LogP contribution in [0.5, 0.6) is 0 Å². The van der Waals surface area contributed by atoms with Crippen molar-refractivity contribution < 1.29 is 0 Å². The van der Waals surface area contributed by atoms with Crippen LogP contribution in [-0.4, -0.2) is 29.5 Å². The van der Waals surface area contributed by atoms with Crippen molar-refractivity contribution >= 4 is 34.7 Å². The molecule has 3 aromatic heterocycles. The van der Waals surface area contributed by atoms with Gasteiger partial charge in [0.1, 0.15) is 21.4 Å². The number of nitrogens with one attached hydrogen (secondary N) is 1. The fourth-order valence-corrected chi connectivity index (χ4v) is 3.16. The van der Waals surface area contributed by atoms with Gasteiger partial charge in [-0.15, -0.1) is 4.91 Å². The van der Waals surface area contributed by atoms with Gasteiger partial charge in [-0.05, 0) is 30.8 Å². The Hall–Kier alpha value is -2.49. The van der Waals surface area contributed by atoms with Crippen molar-refractivity contribution in [2.75, 3.05) is 5.73 Å². The Bertz CT molecular complexity index is 823. The van der Waals surface area contributed by atoms with Crippen molar-refractivity contribution in [1.82, 2.24) is 29.5 Å². The van der Waals surface area contributed by atoms with E-state index in [1.54, 1.807) is 0 Å². The Morgan fingerprint density at radius 3 is 2.95 bits per heavy atom. The number of nitroso groups, excluding NO2 is 1. The Balaban J connectivity index is 2.14. The van der Waals surface area contributed by atoms with Crippen LogP contribution < -0.4 is 5.73 Å². The van der Waals surface area contributed by atoms with Gasteiger partial charge in [0, 0.05) is 6.54 Å². The summed E-state index contributed by atoms with van der Waals surface area (Å²) in [6, 6.07) is 0. The monoisotopic (exact) mass is 304 g/mol. The molecule has 0 fully saturated rings. The standard InChI is InChI=1S/C11H12N8OS/c1-3-19-5(2)15-8(18-20)10(19)21-9-6-7(14-4-13-6)16-11(12)17-9/h4H,3H2,1-2H3,(H3,12,13,14,16,17). The van der Waals surface area contributed by atoms with E-state index in [1.165, 1.54) is 18.1 Å². The summed E-state index contributed by atoms with van der Waals surface area (Å²) >= 11 is 1.25. The van der Waals surface area contributed by atoms with E-state index >= 15 is 0 Å². The van der Waals surface area contributed by atoms with Crippen molar-refractivity contribution in [1.29, 1.82) is 0 Å². The van der Waals surface area contributed by atoms with Gasteiger partial charge in [-0.2, -0.15) is 4.98 Å². The number of nitrogens with zero attached hydrogens (tertiary/aromatic N) is 6. The summed E-state index contributed by atoms with van der Waals surface area (Å²) in [7, 11) is 0. The maximum atomic E-state index is 11.0. The van der Waals surface area contributed by atoms with Crippen LogP contribution in [0.15, 0.2) is 21.6 Å². The Labute approximate surface area is 123 Å². The molecular formula is C11H12N8OS. The molecule has 0 aliphatic carbocycles. The average molecular weight is 304 g/mol. The number of imidazole rings is 2. The molecule has 0 aromatic carbocycles. The topological polar surface area (TPSA) is 128 Å². The van der Waals surface area contributed by atoms with Gasteiger partial charge in [0.05, 0.1) is 6.33 Å². The lowest BCUT2D eigenvalue weighted by atomic mass is 10.5. The van der Waals surface area contributed by atoms with Gasteiger partial charge in [0.15, 0.2) is 5.65 Å². The number of hydrogen-bond acceptors (Lipinski definition) is 8. The molecule has 0 amide bonds. The largest absolute Gasteiger partial charge is 0.368 e. The van der Waals surface area contributed by atoms with E-state index in [1.807, 2.05) is 18.4 Å². The molecule has 0 unspecified atom stereocenters. The molecule has 0 atom stereocenters. The quantitative estimate of drug-likeness (QED) is 0.557. The number of hydrogen-bond donors (Lipinski definition) is 2. The van der Waals surface area contributed by atoms with Crippen molar-refractivity contribution in [2.24, 2.45) is 5.18 Å². The minimum Gasteiger partial charge on any atom is -0.368 e. The van der Waals surface area contributed by atoms with Crippen LogP contribution in [0.1, 0.15) is 12.7 Å². The molecular weight excluding hydrogens is 292 g/mol. The molecule has 0 aliphatic heterocycles. The van der Waals surface area contributed by atoms with E-state index in [2.05, 4.69) is 30.1 Å². The molecule has 0 aliphatic rings. The molecule has 21 heavy (non-hydrogen) atoms. The highest BCUT2D eigenvalue weighted by atomic mass is 32.2. The highest BCUT2D eigenvalue weighted by molar-refractivity contribution is 7.99. The zero-order valence-electron chi connectivity index (χ0n) is 11.4. The number of H-pyrrole nitrogens is 1. The molecule has 3 aromatic rings. The van der Waals surface area contributed by atoms with Crippen molar-refractivity contribution in [3.05, 3.63) is 17.1 Å². The fourth-order valence-electron chi connectivity index (χ4n) is 2.05. The number of aryl methyl sites for hydroxylation is 1. The molecule has 3 rings (SSSR count). The lowest BCUT2D eigenvalue weighted by molar-refractivity contribution is 0.674. The number of rotatable bonds is 4. The van der Waals surface area contributed by atoms with Gasteiger partial charge in [-0.25, -0.2) is 15.0 Å². The van der Waals surface area contributed by atoms with Gasteiger partial charge < -0.3 is 15.3 Å². The van der Waals surface area contributed by atoms with Gasteiger partial charge in [0.25, 0.3) is 0 Å². The molecule has 0 spiro atoms. The molecule has 0 bridgehead atoms. The second-order valence-electron chi connectivity index (χ2n) is 4.21. The smallest absolute Gasteiger partial charge is 0.229 e. The summed E-state index contributed by atoms with van der Waals surface area (Å²) in [6.07, 6.45) is 1.52. The number of aromatic nitrogens is 6. The van der Waals surface area contributed by atoms with Crippen molar-refractivity contribution in [2.45, 2.75) is 30.4 Å². The van der Waals surface area contributed by atoms with E-state index in [9.17, 15) is 4.91 Å². The van der Waals surface area contributed by atoms with E-state index in [0.717, 1.165) is 5.82 Å². The van der Waals surface area contributed by atoms with Gasteiger partial charge in [0.2, 0.25) is 11.8 Å². The molecule has 9 nitrogen and oxygen atoms in total. The summed E-state index contributed by atoms with van der Waals surface area (Å²) in [6.45, 7) is 4.45. The predicted molar refractivity (Wildman–Crippen MR) is 78.3 cm³/mol. The molecule has 108 valence electrons. The first-order chi connectivity index (χ1) is 10.1. The van der Waals surface area contributed by atoms with E-state index in [4.69, 9.17) is 5.73 Å².